The number of alkyl halides is 3. The minimum atomic E-state index is -4.83. The molecule has 0 spiro atoms. The topological polar surface area (TPSA) is 55.6 Å². The standard InChI is InChI=1S/C19H17F5N2O2S/c1-9-6-13-16(14(21)15(9)25)28-18(2,29-3)17(27)26(13)8-10-4-5-11(12(20)7-10)19(22,23)24/h4-7H,8,25H2,1-3H3. The second kappa shape index (κ2) is 7.08. The number of anilines is 2. The van der Waals surface area contributed by atoms with Crippen LogP contribution in [0.5, 0.6) is 5.75 Å². The van der Waals surface area contributed by atoms with Gasteiger partial charge in [-0.2, -0.15) is 13.2 Å². The molecule has 2 N–H and O–H groups in total. The molecule has 1 atom stereocenters. The van der Waals surface area contributed by atoms with Gasteiger partial charge in [0.05, 0.1) is 23.5 Å². The molecule has 0 radical (unpaired) electrons. The number of ether oxygens (including phenoxy) is 1. The van der Waals surface area contributed by atoms with Gasteiger partial charge in [0, 0.05) is 0 Å². The molecular weight excluding hydrogens is 415 g/mol. The summed E-state index contributed by atoms with van der Waals surface area (Å²) in [7, 11) is 0. The lowest BCUT2D eigenvalue weighted by molar-refractivity contribution is -0.140. The molecule has 4 nitrogen and oxygen atoms in total. The van der Waals surface area contributed by atoms with Crippen molar-refractivity contribution < 1.29 is 31.5 Å². The first-order valence-electron chi connectivity index (χ1n) is 8.39. The highest BCUT2D eigenvalue weighted by atomic mass is 32.2. The number of rotatable bonds is 3. The number of nitrogens with two attached hydrogens (primary N) is 1. The van der Waals surface area contributed by atoms with Gasteiger partial charge in [0.2, 0.25) is 4.93 Å². The first-order chi connectivity index (χ1) is 13.4. The number of benzene rings is 2. The van der Waals surface area contributed by atoms with Crippen LogP contribution in [-0.4, -0.2) is 17.1 Å². The predicted molar refractivity (Wildman–Crippen MR) is 101 cm³/mol. The van der Waals surface area contributed by atoms with Gasteiger partial charge in [-0.3, -0.25) is 4.79 Å². The van der Waals surface area contributed by atoms with Crippen LogP contribution in [0.25, 0.3) is 0 Å². The molecule has 156 valence electrons. The van der Waals surface area contributed by atoms with Crippen LogP contribution in [0.2, 0.25) is 0 Å². The number of hydrogen-bond donors (Lipinski definition) is 1. The minimum absolute atomic E-state index is 0.0750. The average Bonchev–Trinajstić information content (AvgIpc) is 2.64. The molecule has 1 aliphatic rings. The van der Waals surface area contributed by atoms with Gasteiger partial charge in [0.15, 0.2) is 11.6 Å². The van der Waals surface area contributed by atoms with Crippen molar-refractivity contribution in [1.29, 1.82) is 0 Å². The lowest BCUT2D eigenvalue weighted by atomic mass is 10.1. The van der Waals surface area contributed by atoms with E-state index in [1.54, 1.807) is 13.2 Å². The highest BCUT2D eigenvalue weighted by Gasteiger charge is 2.46. The molecule has 3 rings (SSSR count). The largest absolute Gasteiger partial charge is 0.462 e. The Hall–Kier alpha value is -2.49. The molecular formula is C19H17F5N2O2S. The van der Waals surface area contributed by atoms with E-state index in [4.69, 9.17) is 10.5 Å². The highest BCUT2D eigenvalue weighted by Crippen LogP contribution is 2.46. The summed E-state index contributed by atoms with van der Waals surface area (Å²) in [5.41, 5.74) is 4.72. The van der Waals surface area contributed by atoms with E-state index in [0.717, 1.165) is 22.7 Å². The molecule has 0 bridgehead atoms. The predicted octanol–water partition coefficient (Wildman–Crippen LogP) is 4.88. The van der Waals surface area contributed by atoms with Gasteiger partial charge in [0.25, 0.3) is 5.91 Å². The second-order valence-corrected chi connectivity index (χ2v) is 7.91. The molecule has 0 aliphatic carbocycles. The van der Waals surface area contributed by atoms with E-state index in [0.29, 0.717) is 17.7 Å². The first-order valence-corrected chi connectivity index (χ1v) is 9.62. The summed E-state index contributed by atoms with van der Waals surface area (Å²) in [5.74, 6) is -3.09. The van der Waals surface area contributed by atoms with E-state index < -0.39 is 34.2 Å². The monoisotopic (exact) mass is 432 g/mol. The maximum atomic E-state index is 14.7. The third-order valence-corrected chi connectivity index (χ3v) is 5.77. The first kappa shape index (κ1) is 21.2. The van der Waals surface area contributed by atoms with Crippen LogP contribution >= 0.6 is 11.8 Å². The summed E-state index contributed by atoms with van der Waals surface area (Å²) in [6.45, 7) is 2.71. The van der Waals surface area contributed by atoms with Gasteiger partial charge < -0.3 is 15.4 Å². The fourth-order valence-electron chi connectivity index (χ4n) is 3.00. The maximum absolute atomic E-state index is 14.7. The number of fused-ring (bicyclic) bond motifs is 1. The van der Waals surface area contributed by atoms with E-state index in [2.05, 4.69) is 0 Å². The Morgan fingerprint density at radius 2 is 1.90 bits per heavy atom. The average molecular weight is 432 g/mol. The molecule has 29 heavy (non-hydrogen) atoms. The van der Waals surface area contributed by atoms with E-state index in [1.807, 2.05) is 0 Å². The van der Waals surface area contributed by atoms with E-state index in [-0.39, 0.29) is 29.2 Å². The van der Waals surface area contributed by atoms with Crippen molar-refractivity contribution in [2.24, 2.45) is 0 Å². The smallest absolute Gasteiger partial charge is 0.419 e. The third-order valence-electron chi connectivity index (χ3n) is 4.74. The van der Waals surface area contributed by atoms with Crippen LogP contribution < -0.4 is 15.4 Å². The van der Waals surface area contributed by atoms with E-state index >= 15 is 0 Å². The number of thioether (sulfide) groups is 1. The zero-order chi connectivity index (χ0) is 21.7. The van der Waals surface area contributed by atoms with Crippen LogP contribution in [-0.2, 0) is 17.5 Å². The van der Waals surface area contributed by atoms with Crippen molar-refractivity contribution in [2.75, 3.05) is 16.9 Å². The van der Waals surface area contributed by atoms with Crippen molar-refractivity contribution in [3.63, 3.8) is 0 Å². The number of carbonyl (C=O) groups excluding carboxylic acids is 1. The normalized spacial score (nSPS) is 19.2. The van der Waals surface area contributed by atoms with Gasteiger partial charge in [-0.15, -0.1) is 11.8 Å². The Morgan fingerprint density at radius 1 is 1.24 bits per heavy atom. The Balaban J connectivity index is 2.09. The lowest BCUT2D eigenvalue weighted by Gasteiger charge is -2.40. The summed E-state index contributed by atoms with van der Waals surface area (Å²) in [5, 5.41) is 0. The zero-order valence-corrected chi connectivity index (χ0v) is 16.5. The van der Waals surface area contributed by atoms with Crippen molar-refractivity contribution >= 4 is 29.0 Å². The van der Waals surface area contributed by atoms with Crippen LogP contribution in [0.1, 0.15) is 23.6 Å². The van der Waals surface area contributed by atoms with Gasteiger partial charge in [-0.1, -0.05) is 6.07 Å². The lowest BCUT2D eigenvalue weighted by Crippen LogP contribution is -2.52. The Morgan fingerprint density at radius 3 is 2.45 bits per heavy atom. The maximum Gasteiger partial charge on any atom is 0.419 e. The van der Waals surface area contributed by atoms with Crippen molar-refractivity contribution in [2.45, 2.75) is 31.5 Å². The number of carbonyl (C=O) groups is 1. The Bertz CT molecular complexity index is 996. The van der Waals surface area contributed by atoms with Crippen molar-refractivity contribution in [1.82, 2.24) is 0 Å². The number of hydrogen-bond acceptors (Lipinski definition) is 4. The molecule has 0 aromatic heterocycles. The molecule has 2 aromatic carbocycles. The number of amides is 1. The molecule has 0 saturated carbocycles. The Kier molecular flexibility index (Phi) is 5.18. The Labute approximate surface area is 167 Å². The van der Waals surface area contributed by atoms with Crippen LogP contribution in [0, 0.1) is 18.6 Å². The van der Waals surface area contributed by atoms with Gasteiger partial charge >= 0.3 is 6.18 Å². The van der Waals surface area contributed by atoms with Gasteiger partial charge in [-0.25, -0.2) is 8.78 Å². The SMILES string of the molecule is CSC1(C)Oc2c(cc(C)c(N)c2F)N(Cc2ccc(C(F)(F)F)c(F)c2)C1=O. The molecule has 1 aliphatic heterocycles. The third kappa shape index (κ3) is 3.61. The number of nitrogen functional groups attached to an aromatic ring is 1. The fraction of sp³-hybridized carbons (Fsp3) is 0.316. The van der Waals surface area contributed by atoms with Gasteiger partial charge in [-0.05, 0) is 49.4 Å². The summed E-state index contributed by atoms with van der Waals surface area (Å²) in [6.07, 6.45) is -3.24. The summed E-state index contributed by atoms with van der Waals surface area (Å²) in [6, 6.07) is 3.85. The molecule has 2 aromatic rings. The number of halogens is 5. The summed E-state index contributed by atoms with van der Waals surface area (Å²) in [4.78, 5) is 12.7. The number of aryl methyl sites for hydroxylation is 1. The molecule has 1 amide bonds. The molecule has 1 heterocycles. The van der Waals surface area contributed by atoms with Crippen molar-refractivity contribution in [3.05, 3.63) is 52.6 Å². The van der Waals surface area contributed by atoms with Crippen LogP contribution in [0.4, 0.5) is 33.3 Å². The summed E-state index contributed by atoms with van der Waals surface area (Å²) >= 11 is 1.02. The molecule has 10 heteroatoms. The second-order valence-electron chi connectivity index (χ2n) is 6.72. The van der Waals surface area contributed by atoms with Crippen molar-refractivity contribution in [3.8, 4) is 5.75 Å². The van der Waals surface area contributed by atoms with E-state index in [9.17, 15) is 26.7 Å². The molecule has 1 unspecified atom stereocenters. The summed E-state index contributed by atoms with van der Waals surface area (Å²) < 4.78 is 72.7. The van der Waals surface area contributed by atoms with E-state index in [1.165, 1.54) is 13.0 Å². The van der Waals surface area contributed by atoms with Gasteiger partial charge in [0.1, 0.15) is 5.82 Å². The highest BCUT2D eigenvalue weighted by molar-refractivity contribution is 8.00. The fourth-order valence-corrected chi connectivity index (χ4v) is 3.45. The van der Waals surface area contributed by atoms with Crippen LogP contribution in [0.15, 0.2) is 24.3 Å². The zero-order valence-electron chi connectivity index (χ0n) is 15.7. The van der Waals surface area contributed by atoms with Crippen LogP contribution in [0.3, 0.4) is 0 Å². The quantitative estimate of drug-likeness (QED) is 0.555. The number of nitrogens with zero attached hydrogens (tertiary/aromatic N) is 1. The molecule has 0 saturated heterocycles. The minimum Gasteiger partial charge on any atom is -0.462 e. The molecule has 0 fully saturated rings.